The summed E-state index contributed by atoms with van der Waals surface area (Å²) < 4.78 is 8.09. The molecule has 230 valence electrons. The molecular weight excluding hydrogens is 610 g/mol. The number of urea groups is 1. The number of carbonyl (C=O) groups is 2. The average molecular weight is 659 g/mol. The standard InChI is InChI=1S/C34H47N3O3S.BrH/c1-4-5-6-7-8-9-10-11-12-13-14-15-21-40-33-20-19-31(23-32(33)28(3)38)36-34(39)35-30-18-16-17-29(22-30)25-37-24-27(2)41-26-37;/h16-20,22-24,26H,4-15,21,25H2,1-3H3,(H-,35,36,39);1H. The summed E-state index contributed by atoms with van der Waals surface area (Å²) in [5.41, 5.74) is 4.92. The summed E-state index contributed by atoms with van der Waals surface area (Å²) in [7, 11) is 0. The van der Waals surface area contributed by atoms with Crippen LogP contribution in [0.1, 0.15) is 112 Å². The molecule has 2 aromatic carbocycles. The predicted molar refractivity (Wildman–Crippen MR) is 170 cm³/mol. The molecule has 2 amide bonds. The fourth-order valence-electron chi connectivity index (χ4n) is 4.91. The Kier molecular flexibility index (Phi) is 17.1. The zero-order valence-electron chi connectivity index (χ0n) is 25.6. The van der Waals surface area contributed by atoms with Crippen LogP contribution in [0.15, 0.2) is 54.2 Å². The smallest absolute Gasteiger partial charge is 0.323 e. The third-order valence-electron chi connectivity index (χ3n) is 7.14. The summed E-state index contributed by atoms with van der Waals surface area (Å²) in [5.74, 6) is 0.480. The Morgan fingerprint density at radius 3 is 2.05 bits per heavy atom. The molecule has 3 rings (SSSR count). The van der Waals surface area contributed by atoms with Gasteiger partial charge in [0.15, 0.2) is 18.5 Å². The highest BCUT2D eigenvalue weighted by molar-refractivity contribution is 7.09. The Hall–Kier alpha value is -2.71. The lowest BCUT2D eigenvalue weighted by Crippen LogP contribution is -3.00. The van der Waals surface area contributed by atoms with Crippen molar-refractivity contribution < 1.29 is 35.9 Å². The van der Waals surface area contributed by atoms with Crippen molar-refractivity contribution in [1.82, 2.24) is 0 Å². The average Bonchev–Trinajstić information content (AvgIpc) is 3.36. The number of benzene rings is 2. The highest BCUT2D eigenvalue weighted by Gasteiger charge is 2.12. The fraction of sp³-hybridized carbons (Fsp3) is 0.500. The van der Waals surface area contributed by atoms with Crippen LogP contribution in [0, 0.1) is 6.92 Å². The maximum atomic E-state index is 12.7. The second-order valence-electron chi connectivity index (χ2n) is 10.9. The van der Waals surface area contributed by atoms with Crippen molar-refractivity contribution in [1.29, 1.82) is 0 Å². The van der Waals surface area contributed by atoms with Gasteiger partial charge in [-0.25, -0.2) is 4.79 Å². The first kappa shape index (κ1) is 35.5. The number of nitrogens with zero attached hydrogens (tertiary/aromatic N) is 1. The molecule has 0 aliphatic rings. The molecule has 0 bridgehead atoms. The molecule has 1 heterocycles. The third-order valence-corrected chi connectivity index (χ3v) is 8.00. The molecule has 1 aromatic heterocycles. The van der Waals surface area contributed by atoms with Crippen molar-refractivity contribution >= 4 is 34.5 Å². The predicted octanol–water partition coefficient (Wildman–Crippen LogP) is 6.32. The topological polar surface area (TPSA) is 71.3 Å². The molecule has 0 radical (unpaired) electrons. The lowest BCUT2D eigenvalue weighted by Gasteiger charge is -2.13. The van der Waals surface area contributed by atoms with Crippen LogP contribution in [0.25, 0.3) is 0 Å². The molecular formula is C34H48BrN3O3S. The van der Waals surface area contributed by atoms with Gasteiger partial charge in [0.25, 0.3) is 0 Å². The van der Waals surface area contributed by atoms with E-state index < -0.39 is 0 Å². The number of hydrogen-bond acceptors (Lipinski definition) is 4. The summed E-state index contributed by atoms with van der Waals surface area (Å²) in [4.78, 5) is 26.3. The monoisotopic (exact) mass is 657 g/mol. The van der Waals surface area contributed by atoms with Crippen molar-refractivity contribution in [2.24, 2.45) is 0 Å². The second kappa shape index (κ2) is 20.2. The Morgan fingerprint density at radius 2 is 1.45 bits per heavy atom. The second-order valence-corrected chi connectivity index (χ2v) is 12.0. The van der Waals surface area contributed by atoms with Crippen LogP contribution >= 0.6 is 11.3 Å². The van der Waals surface area contributed by atoms with Crippen LogP contribution in [0.2, 0.25) is 0 Å². The maximum Gasteiger partial charge on any atom is 0.323 e. The fourth-order valence-corrected chi connectivity index (χ4v) is 5.55. The van der Waals surface area contributed by atoms with E-state index in [0.29, 0.717) is 29.3 Å². The van der Waals surface area contributed by atoms with Crippen molar-refractivity contribution in [3.63, 3.8) is 0 Å². The van der Waals surface area contributed by atoms with Crippen LogP contribution < -0.4 is 36.9 Å². The van der Waals surface area contributed by atoms with Gasteiger partial charge in [-0.1, -0.05) is 101 Å². The summed E-state index contributed by atoms with van der Waals surface area (Å²) in [6.45, 7) is 7.20. The Balaban J connectivity index is 0.00000616. The van der Waals surface area contributed by atoms with Gasteiger partial charge in [-0.05, 0) is 50.6 Å². The molecule has 8 heteroatoms. The molecule has 6 nitrogen and oxygen atoms in total. The van der Waals surface area contributed by atoms with E-state index in [2.05, 4.69) is 40.8 Å². The van der Waals surface area contributed by atoms with Crippen molar-refractivity contribution in [2.45, 2.75) is 104 Å². The van der Waals surface area contributed by atoms with E-state index in [1.54, 1.807) is 29.5 Å². The number of anilines is 2. The summed E-state index contributed by atoms with van der Waals surface area (Å²) >= 11 is 1.71. The van der Waals surface area contributed by atoms with Crippen molar-refractivity contribution in [3.8, 4) is 5.75 Å². The molecule has 3 aromatic rings. The van der Waals surface area contributed by atoms with E-state index in [4.69, 9.17) is 4.74 Å². The van der Waals surface area contributed by atoms with Gasteiger partial charge in [0.05, 0.1) is 17.0 Å². The molecule has 0 saturated carbocycles. The van der Waals surface area contributed by atoms with Crippen molar-refractivity contribution in [2.75, 3.05) is 17.2 Å². The SMILES string of the molecule is CCCCCCCCCCCCCCOc1ccc(NC(=O)Nc2cccc(C[n+]3csc(C)c3)c2)cc1C(C)=O.[Br-]. The number of thiazole rings is 1. The van der Waals surface area contributed by atoms with E-state index in [9.17, 15) is 9.59 Å². The number of amides is 2. The van der Waals surface area contributed by atoms with Gasteiger partial charge in [-0.15, -0.1) is 0 Å². The Labute approximate surface area is 267 Å². The molecule has 0 fully saturated rings. The van der Waals surface area contributed by atoms with Gasteiger partial charge in [0.1, 0.15) is 5.75 Å². The van der Waals surface area contributed by atoms with Crippen LogP contribution in [-0.2, 0) is 6.54 Å². The lowest BCUT2D eigenvalue weighted by molar-refractivity contribution is -0.683. The number of nitrogens with one attached hydrogen (secondary N) is 2. The molecule has 0 aliphatic heterocycles. The third kappa shape index (κ3) is 13.5. The quantitative estimate of drug-likeness (QED) is 0.0900. The number of hydrogen-bond donors (Lipinski definition) is 2. The first-order chi connectivity index (χ1) is 19.9. The van der Waals surface area contributed by atoms with E-state index in [1.165, 1.54) is 76.0 Å². The van der Waals surface area contributed by atoms with Gasteiger partial charge in [0, 0.05) is 16.9 Å². The van der Waals surface area contributed by atoms with E-state index >= 15 is 0 Å². The molecule has 42 heavy (non-hydrogen) atoms. The van der Waals surface area contributed by atoms with Gasteiger partial charge in [-0.3, -0.25) is 4.79 Å². The van der Waals surface area contributed by atoms with Crippen molar-refractivity contribution in [3.05, 3.63) is 70.2 Å². The van der Waals surface area contributed by atoms with Crippen LogP contribution in [-0.4, -0.2) is 18.4 Å². The normalized spacial score (nSPS) is 10.6. The number of Topliss-reactive ketones (excluding diaryl/α,β-unsaturated/α-hetero) is 1. The number of aromatic nitrogens is 1. The van der Waals surface area contributed by atoms with Gasteiger partial charge in [-0.2, -0.15) is 4.57 Å². The molecule has 0 unspecified atom stereocenters. The van der Waals surface area contributed by atoms with Crippen LogP contribution in [0.5, 0.6) is 5.75 Å². The Bertz CT molecular complexity index is 1230. The minimum Gasteiger partial charge on any atom is -1.00 e. The van der Waals surface area contributed by atoms with Crippen LogP contribution in [0.3, 0.4) is 0 Å². The largest absolute Gasteiger partial charge is 1.00 e. The number of halogens is 1. The first-order valence-corrected chi connectivity index (χ1v) is 16.2. The summed E-state index contributed by atoms with van der Waals surface area (Å²) in [6, 6.07) is 12.7. The zero-order valence-corrected chi connectivity index (χ0v) is 28.0. The van der Waals surface area contributed by atoms with Crippen LogP contribution in [0.4, 0.5) is 16.2 Å². The lowest BCUT2D eigenvalue weighted by atomic mass is 10.1. The Morgan fingerprint density at radius 1 is 0.833 bits per heavy atom. The van der Waals surface area contributed by atoms with Gasteiger partial charge < -0.3 is 32.4 Å². The number of aryl methyl sites for hydroxylation is 1. The molecule has 0 saturated heterocycles. The van der Waals surface area contributed by atoms with E-state index in [1.807, 2.05) is 24.3 Å². The maximum absolute atomic E-state index is 12.7. The zero-order chi connectivity index (χ0) is 29.3. The van der Waals surface area contributed by atoms with E-state index in [0.717, 1.165) is 24.9 Å². The number of unbranched alkanes of at least 4 members (excludes halogenated alkanes) is 11. The summed E-state index contributed by atoms with van der Waals surface area (Å²) in [5, 5.41) is 5.73. The number of rotatable bonds is 19. The minimum atomic E-state index is -0.360. The highest BCUT2D eigenvalue weighted by atomic mass is 79.9. The summed E-state index contributed by atoms with van der Waals surface area (Å²) in [6.07, 6.45) is 17.6. The number of ketones is 1. The number of ether oxygens (including phenoxy) is 1. The first-order valence-electron chi connectivity index (χ1n) is 15.3. The number of carbonyl (C=O) groups excluding carboxylic acids is 2. The molecule has 0 spiro atoms. The molecule has 2 N–H and O–H groups in total. The minimum absolute atomic E-state index is 0. The highest BCUT2D eigenvalue weighted by Crippen LogP contribution is 2.24. The van der Waals surface area contributed by atoms with Gasteiger partial charge >= 0.3 is 6.03 Å². The van der Waals surface area contributed by atoms with E-state index in [-0.39, 0.29) is 28.8 Å². The molecule has 0 atom stereocenters. The van der Waals surface area contributed by atoms with Gasteiger partial charge in [0.2, 0.25) is 5.51 Å². The molecule has 0 aliphatic carbocycles.